The Hall–Kier alpha value is -3.13. The third kappa shape index (κ3) is 4.72. The average molecular weight is 490 g/mol. The van der Waals surface area contributed by atoms with Crippen molar-refractivity contribution in [2.45, 2.75) is 58.8 Å². The molecule has 35 heavy (non-hydrogen) atoms. The number of aryl methyl sites for hydroxylation is 1. The molecule has 1 N–H and O–H groups in total. The molecule has 1 aliphatic carbocycles. The SMILES string of the molecule is COc1cccc(-n2c(C)cc(C=C3C(=N)N4N=C(CCC5CCCCC5)SC4=NC3=O)c2C)c1. The number of nitrogens with one attached hydrogen (secondary N) is 1. The van der Waals surface area contributed by atoms with E-state index in [1.54, 1.807) is 13.2 Å². The zero-order chi connectivity index (χ0) is 24.5. The molecule has 0 atom stereocenters. The maximum atomic E-state index is 12.9. The van der Waals surface area contributed by atoms with E-state index in [1.807, 2.05) is 44.2 Å². The van der Waals surface area contributed by atoms with Gasteiger partial charge >= 0.3 is 0 Å². The van der Waals surface area contributed by atoms with Crippen LogP contribution in [0.15, 0.2) is 46.0 Å². The minimum atomic E-state index is -0.385. The van der Waals surface area contributed by atoms with Gasteiger partial charge in [-0.1, -0.05) is 38.2 Å². The molecule has 7 nitrogen and oxygen atoms in total. The van der Waals surface area contributed by atoms with E-state index in [0.29, 0.717) is 5.17 Å². The number of hydrogen-bond acceptors (Lipinski definition) is 5. The highest BCUT2D eigenvalue weighted by atomic mass is 32.2. The number of fused-ring (bicyclic) bond motifs is 1. The number of aromatic nitrogens is 1. The number of carbonyl (C=O) groups is 1. The molecular weight excluding hydrogens is 458 g/mol. The van der Waals surface area contributed by atoms with Gasteiger partial charge < -0.3 is 9.30 Å². The van der Waals surface area contributed by atoms with Crippen LogP contribution in [0.2, 0.25) is 0 Å². The molecule has 1 aromatic carbocycles. The molecule has 0 saturated heterocycles. The van der Waals surface area contributed by atoms with Crippen molar-refractivity contribution in [1.29, 1.82) is 5.41 Å². The second kappa shape index (κ2) is 9.85. The van der Waals surface area contributed by atoms with Crippen molar-refractivity contribution >= 4 is 39.8 Å². The Morgan fingerprint density at radius 1 is 1.20 bits per heavy atom. The number of nitrogens with zero attached hydrogens (tertiary/aromatic N) is 4. The van der Waals surface area contributed by atoms with Gasteiger partial charge in [-0.2, -0.15) is 15.1 Å². The molecule has 1 fully saturated rings. The van der Waals surface area contributed by atoms with Gasteiger partial charge in [-0.25, -0.2) is 0 Å². The molecule has 2 aliphatic heterocycles. The van der Waals surface area contributed by atoms with Gasteiger partial charge in [0.2, 0.25) is 5.17 Å². The molecule has 1 aromatic heterocycles. The summed E-state index contributed by atoms with van der Waals surface area (Å²) in [6.45, 7) is 4.04. The van der Waals surface area contributed by atoms with Gasteiger partial charge in [0.05, 0.1) is 12.7 Å². The van der Waals surface area contributed by atoms with Crippen molar-refractivity contribution in [3.63, 3.8) is 0 Å². The lowest BCUT2D eigenvalue weighted by molar-refractivity contribution is -0.114. The number of hydrogen-bond donors (Lipinski definition) is 1. The monoisotopic (exact) mass is 489 g/mol. The number of aliphatic imine (C=N–C) groups is 1. The topological polar surface area (TPSA) is 83.0 Å². The minimum Gasteiger partial charge on any atom is -0.497 e. The molecule has 0 radical (unpaired) electrons. The lowest BCUT2D eigenvalue weighted by atomic mass is 9.86. The summed E-state index contributed by atoms with van der Waals surface area (Å²) in [6.07, 6.45) is 10.4. The highest BCUT2D eigenvalue weighted by Gasteiger charge is 2.35. The Morgan fingerprint density at radius 3 is 2.77 bits per heavy atom. The van der Waals surface area contributed by atoms with Crippen LogP contribution in [-0.4, -0.2) is 38.6 Å². The fraction of sp³-hybridized carbons (Fsp3) is 0.407. The third-order valence-electron chi connectivity index (χ3n) is 7.07. The zero-order valence-corrected chi connectivity index (χ0v) is 21.3. The molecule has 8 heteroatoms. The van der Waals surface area contributed by atoms with E-state index in [4.69, 9.17) is 10.1 Å². The summed E-state index contributed by atoms with van der Waals surface area (Å²) in [7, 11) is 1.65. The quantitative estimate of drug-likeness (QED) is 0.498. The Kier molecular flexibility index (Phi) is 6.65. The standard InChI is InChI=1S/C27H31N5O2S/c1-17-14-20(18(2)31(17)21-10-7-11-22(16-21)34-3)15-23-25(28)32-27(29-26(23)33)35-24(30-32)13-12-19-8-5-4-6-9-19/h7,10-11,14-16,19,28H,4-6,8-9,12-13H2,1-3H3. The normalized spacial score (nSPS) is 19.7. The fourth-order valence-electron chi connectivity index (χ4n) is 5.17. The summed E-state index contributed by atoms with van der Waals surface area (Å²) < 4.78 is 7.50. The predicted molar refractivity (Wildman–Crippen MR) is 143 cm³/mol. The molecule has 3 heterocycles. The van der Waals surface area contributed by atoms with Crippen LogP contribution in [0.3, 0.4) is 0 Å². The van der Waals surface area contributed by atoms with Gasteiger partial charge in [-0.05, 0) is 74.2 Å². The number of benzene rings is 1. The van der Waals surface area contributed by atoms with Crippen molar-refractivity contribution in [1.82, 2.24) is 9.58 Å². The number of methoxy groups -OCH3 is 1. The smallest absolute Gasteiger partial charge is 0.283 e. The van der Waals surface area contributed by atoms with E-state index in [2.05, 4.69) is 14.7 Å². The molecule has 3 aliphatic rings. The molecule has 5 rings (SSSR count). The molecule has 1 amide bonds. The summed E-state index contributed by atoms with van der Waals surface area (Å²) in [6, 6.07) is 9.90. The van der Waals surface area contributed by atoms with Crippen LogP contribution in [0.4, 0.5) is 0 Å². The van der Waals surface area contributed by atoms with Gasteiger partial charge in [0, 0.05) is 23.1 Å². The zero-order valence-electron chi connectivity index (χ0n) is 20.5. The summed E-state index contributed by atoms with van der Waals surface area (Å²) in [5.74, 6) is 1.25. The van der Waals surface area contributed by atoms with Crippen molar-refractivity contribution < 1.29 is 9.53 Å². The second-order valence-corrected chi connectivity index (χ2v) is 10.5. The van der Waals surface area contributed by atoms with E-state index >= 15 is 0 Å². The summed E-state index contributed by atoms with van der Waals surface area (Å²) >= 11 is 1.43. The van der Waals surface area contributed by atoms with Gasteiger partial charge in [0.15, 0.2) is 5.84 Å². The molecular formula is C27H31N5O2S. The van der Waals surface area contributed by atoms with Crippen molar-refractivity contribution in [3.8, 4) is 11.4 Å². The van der Waals surface area contributed by atoms with Crippen molar-refractivity contribution in [2.75, 3.05) is 7.11 Å². The summed E-state index contributed by atoms with van der Waals surface area (Å²) in [4.78, 5) is 17.2. The van der Waals surface area contributed by atoms with E-state index < -0.39 is 0 Å². The third-order valence-corrected chi connectivity index (χ3v) is 8.04. The number of amides is 1. The lowest BCUT2D eigenvalue weighted by Crippen LogP contribution is -2.35. The van der Waals surface area contributed by atoms with Crippen LogP contribution in [0.25, 0.3) is 11.8 Å². The Balaban J connectivity index is 1.38. The molecule has 0 bridgehead atoms. The number of carbonyl (C=O) groups excluding carboxylic acids is 1. The van der Waals surface area contributed by atoms with E-state index in [-0.39, 0.29) is 17.3 Å². The first-order valence-corrected chi connectivity index (χ1v) is 13.1. The number of thioether (sulfide) groups is 1. The van der Waals surface area contributed by atoms with Gasteiger partial charge in [-0.15, -0.1) is 0 Å². The molecule has 0 spiro atoms. The van der Waals surface area contributed by atoms with E-state index in [0.717, 1.165) is 52.2 Å². The average Bonchev–Trinajstić information content (AvgIpc) is 3.40. The molecule has 1 saturated carbocycles. The van der Waals surface area contributed by atoms with E-state index in [1.165, 1.54) is 48.9 Å². The number of rotatable bonds is 6. The fourth-order valence-corrected chi connectivity index (χ4v) is 6.07. The van der Waals surface area contributed by atoms with Gasteiger partial charge in [0.1, 0.15) is 10.8 Å². The van der Waals surface area contributed by atoms with Crippen LogP contribution < -0.4 is 4.74 Å². The second-order valence-electron chi connectivity index (χ2n) is 9.42. The maximum absolute atomic E-state index is 12.9. The first-order chi connectivity index (χ1) is 16.9. The Morgan fingerprint density at radius 2 is 2.00 bits per heavy atom. The molecule has 0 unspecified atom stereocenters. The Bertz CT molecular complexity index is 1270. The van der Waals surface area contributed by atoms with Crippen molar-refractivity contribution in [2.24, 2.45) is 16.0 Å². The van der Waals surface area contributed by atoms with Gasteiger partial charge in [0.25, 0.3) is 5.91 Å². The summed E-state index contributed by atoms with van der Waals surface area (Å²) in [5, 5.41) is 16.4. The number of amidine groups is 2. The minimum absolute atomic E-state index is 0.0892. The largest absolute Gasteiger partial charge is 0.497 e. The van der Waals surface area contributed by atoms with Crippen molar-refractivity contribution in [3.05, 3.63) is 52.9 Å². The van der Waals surface area contributed by atoms with Crippen LogP contribution in [0, 0.1) is 25.2 Å². The molecule has 182 valence electrons. The first kappa shape index (κ1) is 23.6. The highest BCUT2D eigenvalue weighted by molar-refractivity contribution is 8.26. The van der Waals surface area contributed by atoms with Crippen LogP contribution in [-0.2, 0) is 4.79 Å². The van der Waals surface area contributed by atoms with E-state index in [9.17, 15) is 4.79 Å². The molecule has 2 aromatic rings. The predicted octanol–water partition coefficient (Wildman–Crippen LogP) is 6.08. The van der Waals surface area contributed by atoms with Crippen LogP contribution >= 0.6 is 11.8 Å². The van der Waals surface area contributed by atoms with Crippen LogP contribution in [0.1, 0.15) is 61.9 Å². The summed E-state index contributed by atoms with van der Waals surface area (Å²) in [5.41, 5.74) is 4.13. The maximum Gasteiger partial charge on any atom is 0.283 e. The number of ether oxygens (including phenoxy) is 1. The first-order valence-electron chi connectivity index (χ1n) is 12.3. The Labute approximate surface area is 210 Å². The lowest BCUT2D eigenvalue weighted by Gasteiger charge is -2.20. The van der Waals surface area contributed by atoms with Gasteiger partial charge in [-0.3, -0.25) is 10.2 Å². The van der Waals surface area contributed by atoms with Crippen LogP contribution in [0.5, 0.6) is 5.75 Å². The highest BCUT2D eigenvalue weighted by Crippen LogP contribution is 2.34. The number of hydrazone groups is 1.